The Labute approximate surface area is 78.9 Å². The van der Waals surface area contributed by atoms with Crippen LogP contribution in [0, 0.1) is 0 Å². The highest BCUT2D eigenvalue weighted by atomic mass is 35.5. The van der Waals surface area contributed by atoms with Crippen molar-refractivity contribution in [2.45, 2.75) is 6.42 Å². The minimum absolute atomic E-state index is 0. The molecule has 1 aromatic rings. The Kier molecular flexibility index (Phi) is 3.18. The van der Waals surface area contributed by atoms with Crippen LogP contribution in [0.2, 0.25) is 0 Å². The molecule has 1 heterocycles. The van der Waals surface area contributed by atoms with E-state index < -0.39 is 0 Å². The molecule has 0 spiro atoms. The first-order valence-corrected chi connectivity index (χ1v) is 3.96. The van der Waals surface area contributed by atoms with Gasteiger partial charge in [0.2, 0.25) is 0 Å². The molecule has 0 saturated carbocycles. The number of para-hydroxylation sites is 1. The molecular weight excluding hydrogens is 170 g/mol. The predicted molar refractivity (Wildman–Crippen MR) is 55.8 cm³/mol. The number of hydrogen-bond donors (Lipinski definition) is 1. The van der Waals surface area contributed by atoms with Gasteiger partial charge in [0.05, 0.1) is 0 Å². The predicted octanol–water partition coefficient (Wildman–Crippen LogP) is 2.94. The van der Waals surface area contributed by atoms with E-state index in [0.29, 0.717) is 0 Å². The molecule has 0 amide bonds. The first kappa shape index (κ1) is 9.14. The minimum atomic E-state index is 0. The van der Waals surface area contributed by atoms with Gasteiger partial charge in [-0.15, -0.1) is 12.4 Å². The zero-order chi connectivity index (χ0) is 7.52. The van der Waals surface area contributed by atoms with Crippen molar-refractivity contribution in [1.82, 2.24) is 0 Å². The van der Waals surface area contributed by atoms with E-state index >= 15 is 0 Å². The van der Waals surface area contributed by atoms with Gasteiger partial charge in [-0.1, -0.05) is 30.4 Å². The van der Waals surface area contributed by atoms with E-state index in [1.807, 2.05) is 0 Å². The maximum Gasteiger partial charge on any atom is 0.0413 e. The third-order valence-electron chi connectivity index (χ3n) is 1.88. The van der Waals surface area contributed by atoms with Crippen LogP contribution < -0.4 is 5.32 Å². The Morgan fingerprint density at radius 3 is 2.92 bits per heavy atom. The molecule has 0 bridgehead atoms. The van der Waals surface area contributed by atoms with Crippen molar-refractivity contribution in [3.05, 3.63) is 35.9 Å². The molecule has 0 unspecified atom stereocenters. The van der Waals surface area contributed by atoms with E-state index in [4.69, 9.17) is 0 Å². The van der Waals surface area contributed by atoms with Crippen molar-refractivity contribution in [3.8, 4) is 0 Å². The van der Waals surface area contributed by atoms with Gasteiger partial charge in [-0.25, -0.2) is 0 Å². The number of anilines is 1. The van der Waals surface area contributed by atoms with Crippen LogP contribution in [0.15, 0.2) is 30.3 Å². The van der Waals surface area contributed by atoms with Gasteiger partial charge in [-0.3, -0.25) is 0 Å². The van der Waals surface area contributed by atoms with Gasteiger partial charge in [0.25, 0.3) is 0 Å². The van der Waals surface area contributed by atoms with Crippen LogP contribution in [-0.2, 0) is 0 Å². The Bertz CT molecular complexity index is 281. The maximum absolute atomic E-state index is 3.36. The van der Waals surface area contributed by atoms with Crippen LogP contribution in [-0.4, -0.2) is 6.54 Å². The lowest BCUT2D eigenvalue weighted by Crippen LogP contribution is -1.98. The van der Waals surface area contributed by atoms with Crippen LogP contribution in [0.1, 0.15) is 12.0 Å². The average Bonchev–Trinajstić information content (AvgIpc) is 2.28. The minimum Gasteiger partial charge on any atom is -0.384 e. The lowest BCUT2D eigenvalue weighted by molar-refractivity contribution is 1.08. The summed E-state index contributed by atoms with van der Waals surface area (Å²) in [5, 5.41) is 3.36. The quantitative estimate of drug-likeness (QED) is 0.649. The molecule has 0 saturated heterocycles. The number of benzene rings is 1. The second-order valence-electron chi connectivity index (χ2n) is 2.71. The number of halogens is 1. The molecule has 1 aliphatic heterocycles. The molecule has 64 valence electrons. The van der Waals surface area contributed by atoms with Gasteiger partial charge in [-0.05, 0) is 18.1 Å². The van der Waals surface area contributed by atoms with Crippen molar-refractivity contribution in [1.29, 1.82) is 0 Å². The third kappa shape index (κ3) is 1.80. The van der Waals surface area contributed by atoms with Crippen molar-refractivity contribution in [3.63, 3.8) is 0 Å². The SMILES string of the molecule is C1=Cc2ccccc2NCC1.Cl. The van der Waals surface area contributed by atoms with E-state index in [0.717, 1.165) is 13.0 Å². The Hall–Kier alpha value is -0.950. The number of nitrogens with one attached hydrogen (secondary N) is 1. The molecule has 0 aliphatic carbocycles. The summed E-state index contributed by atoms with van der Waals surface area (Å²) in [6.45, 7) is 1.05. The van der Waals surface area contributed by atoms with Crippen molar-refractivity contribution < 1.29 is 0 Å². The van der Waals surface area contributed by atoms with Crippen molar-refractivity contribution in [2.75, 3.05) is 11.9 Å². The fourth-order valence-corrected chi connectivity index (χ4v) is 1.30. The molecule has 0 fully saturated rings. The fraction of sp³-hybridized carbons (Fsp3) is 0.200. The molecule has 0 atom stereocenters. The first-order chi connectivity index (χ1) is 5.47. The topological polar surface area (TPSA) is 12.0 Å². The number of hydrogen-bond acceptors (Lipinski definition) is 1. The Balaban J connectivity index is 0.000000720. The fourth-order valence-electron chi connectivity index (χ4n) is 1.30. The van der Waals surface area contributed by atoms with Crippen LogP contribution in [0.5, 0.6) is 0 Å². The monoisotopic (exact) mass is 181 g/mol. The third-order valence-corrected chi connectivity index (χ3v) is 1.88. The normalized spacial score (nSPS) is 13.7. The lowest BCUT2D eigenvalue weighted by Gasteiger charge is -2.04. The van der Waals surface area contributed by atoms with E-state index in [-0.39, 0.29) is 12.4 Å². The summed E-state index contributed by atoms with van der Waals surface area (Å²) in [4.78, 5) is 0. The second kappa shape index (κ2) is 4.17. The Morgan fingerprint density at radius 1 is 1.17 bits per heavy atom. The molecule has 2 rings (SSSR count). The van der Waals surface area contributed by atoms with E-state index in [2.05, 4.69) is 41.7 Å². The second-order valence-corrected chi connectivity index (χ2v) is 2.71. The molecule has 1 aromatic carbocycles. The molecule has 1 nitrogen and oxygen atoms in total. The molecule has 0 radical (unpaired) electrons. The van der Waals surface area contributed by atoms with Crippen LogP contribution in [0.4, 0.5) is 5.69 Å². The summed E-state index contributed by atoms with van der Waals surface area (Å²) < 4.78 is 0. The highest BCUT2D eigenvalue weighted by molar-refractivity contribution is 5.85. The summed E-state index contributed by atoms with van der Waals surface area (Å²) in [5.41, 5.74) is 2.55. The zero-order valence-electron chi connectivity index (χ0n) is 6.79. The molecule has 12 heavy (non-hydrogen) atoms. The van der Waals surface area contributed by atoms with Crippen LogP contribution >= 0.6 is 12.4 Å². The Morgan fingerprint density at radius 2 is 2.00 bits per heavy atom. The highest BCUT2D eigenvalue weighted by Crippen LogP contribution is 2.18. The summed E-state index contributed by atoms with van der Waals surface area (Å²) in [6.07, 6.45) is 5.50. The van der Waals surface area contributed by atoms with E-state index in [9.17, 15) is 0 Å². The summed E-state index contributed by atoms with van der Waals surface area (Å²) in [6, 6.07) is 8.37. The maximum atomic E-state index is 3.36. The molecule has 1 aliphatic rings. The summed E-state index contributed by atoms with van der Waals surface area (Å²) >= 11 is 0. The largest absolute Gasteiger partial charge is 0.384 e. The van der Waals surface area contributed by atoms with Gasteiger partial charge in [0.15, 0.2) is 0 Å². The van der Waals surface area contributed by atoms with Gasteiger partial charge in [0.1, 0.15) is 0 Å². The van der Waals surface area contributed by atoms with Crippen molar-refractivity contribution >= 4 is 24.2 Å². The standard InChI is InChI=1S/C10H11N.ClH/c1-2-7-10-9(5-1)6-3-4-8-11-10;/h1-3,5-7,11H,4,8H2;1H. The van der Waals surface area contributed by atoms with Crippen LogP contribution in [0.25, 0.3) is 6.08 Å². The van der Waals surface area contributed by atoms with Crippen LogP contribution in [0.3, 0.4) is 0 Å². The van der Waals surface area contributed by atoms with Gasteiger partial charge in [-0.2, -0.15) is 0 Å². The van der Waals surface area contributed by atoms with Crippen molar-refractivity contribution in [2.24, 2.45) is 0 Å². The van der Waals surface area contributed by atoms with Gasteiger partial charge < -0.3 is 5.32 Å². The number of fused-ring (bicyclic) bond motifs is 1. The summed E-state index contributed by atoms with van der Waals surface area (Å²) in [7, 11) is 0. The summed E-state index contributed by atoms with van der Waals surface area (Å²) in [5.74, 6) is 0. The molecular formula is C10H12ClN. The van der Waals surface area contributed by atoms with E-state index in [1.165, 1.54) is 11.3 Å². The average molecular weight is 182 g/mol. The lowest BCUT2D eigenvalue weighted by atomic mass is 10.2. The molecule has 1 N–H and O–H groups in total. The first-order valence-electron chi connectivity index (χ1n) is 3.96. The van der Waals surface area contributed by atoms with Gasteiger partial charge in [0, 0.05) is 12.2 Å². The molecule has 0 aromatic heterocycles. The molecule has 2 heteroatoms. The zero-order valence-corrected chi connectivity index (χ0v) is 7.60. The number of rotatable bonds is 0. The highest BCUT2D eigenvalue weighted by Gasteiger charge is 1.98. The smallest absolute Gasteiger partial charge is 0.0413 e. The van der Waals surface area contributed by atoms with Gasteiger partial charge >= 0.3 is 0 Å². The van der Waals surface area contributed by atoms with E-state index in [1.54, 1.807) is 0 Å².